The van der Waals surface area contributed by atoms with Crippen molar-refractivity contribution in [2.75, 3.05) is 5.43 Å². The minimum absolute atomic E-state index is 0.262. The van der Waals surface area contributed by atoms with Gasteiger partial charge in [0.25, 0.3) is 6.23 Å². The van der Waals surface area contributed by atoms with Crippen LogP contribution in [0.25, 0.3) is 21.9 Å². The summed E-state index contributed by atoms with van der Waals surface area (Å²) in [6, 6.07) is 21.4. The van der Waals surface area contributed by atoms with Crippen LogP contribution in [0, 0.1) is 13.8 Å². The number of anilines is 1. The first-order valence-electron chi connectivity index (χ1n) is 11.5. The molecule has 0 aliphatic carbocycles. The smallest absolute Gasteiger partial charge is 0.345 e. The van der Waals surface area contributed by atoms with Crippen molar-refractivity contribution >= 4 is 45.1 Å². The molecule has 1 aliphatic rings. The fourth-order valence-corrected chi connectivity index (χ4v) is 4.54. The molecule has 1 unspecified atom stereocenters. The molecule has 1 atom stereocenters. The summed E-state index contributed by atoms with van der Waals surface area (Å²) in [6.45, 7) is 3.74. The average molecular weight is 514 g/mol. The number of aryl methyl sites for hydroxylation is 2. The van der Waals surface area contributed by atoms with Crippen LogP contribution in [0.4, 0.5) is 5.69 Å². The van der Waals surface area contributed by atoms with Gasteiger partial charge in [0, 0.05) is 33.5 Å². The highest BCUT2D eigenvalue weighted by Crippen LogP contribution is 2.33. The van der Waals surface area contributed by atoms with E-state index in [4.69, 9.17) is 25.3 Å². The lowest BCUT2D eigenvalue weighted by Crippen LogP contribution is -2.38. The van der Waals surface area contributed by atoms with Crippen LogP contribution in [-0.2, 0) is 4.84 Å². The lowest BCUT2D eigenvalue weighted by molar-refractivity contribution is 0.0164. The number of amidine groups is 1. The molecular formula is C28H20ClN3O5. The molecule has 9 heteroatoms. The lowest BCUT2D eigenvalue weighted by Gasteiger charge is -2.27. The Bertz CT molecular complexity index is 1830. The third kappa shape index (κ3) is 4.11. The molecule has 3 aromatic carbocycles. The van der Waals surface area contributed by atoms with Crippen molar-refractivity contribution in [1.82, 2.24) is 5.01 Å². The van der Waals surface area contributed by atoms with Gasteiger partial charge in [-0.25, -0.2) is 14.6 Å². The second-order valence-corrected chi connectivity index (χ2v) is 9.24. The number of hydrogen-bond acceptors (Lipinski definition) is 8. The number of nitrogens with one attached hydrogen (secondary N) is 1. The normalized spacial score (nSPS) is 15.2. The Labute approximate surface area is 215 Å². The van der Waals surface area contributed by atoms with Gasteiger partial charge in [0.2, 0.25) is 0 Å². The molecular weight excluding hydrogens is 494 g/mol. The second-order valence-electron chi connectivity index (χ2n) is 8.80. The zero-order chi connectivity index (χ0) is 25.7. The van der Waals surface area contributed by atoms with Crippen LogP contribution in [0.3, 0.4) is 0 Å². The van der Waals surface area contributed by atoms with Crippen molar-refractivity contribution in [3.8, 4) is 0 Å². The summed E-state index contributed by atoms with van der Waals surface area (Å²) < 4.78 is 11.0. The van der Waals surface area contributed by atoms with Crippen molar-refractivity contribution in [2.45, 2.75) is 20.1 Å². The summed E-state index contributed by atoms with van der Waals surface area (Å²) in [5, 5.41) is 7.95. The monoisotopic (exact) mass is 513 g/mol. The highest BCUT2D eigenvalue weighted by atomic mass is 35.5. The maximum absolute atomic E-state index is 13.1. The number of benzene rings is 3. The van der Waals surface area contributed by atoms with Gasteiger partial charge in [-0.2, -0.15) is 0 Å². The van der Waals surface area contributed by atoms with E-state index in [0.29, 0.717) is 27.4 Å². The molecule has 0 bridgehead atoms. The standard InChI is InChI=1S/C28H20ClN3O5/c1-15-11-25(33)35-24-10-16(2)22(14-20(15)24)30-32-26(17-6-4-3-5-7-17)31-37-27(32)21-12-18-8-9-19(29)13-23(18)36-28(21)34/h3-14,27,30H,1-2H3. The van der Waals surface area contributed by atoms with Crippen LogP contribution in [0.15, 0.2) is 96.4 Å². The molecule has 184 valence electrons. The number of rotatable bonds is 4. The highest BCUT2D eigenvalue weighted by Gasteiger charge is 2.36. The maximum atomic E-state index is 13.1. The van der Waals surface area contributed by atoms with Gasteiger partial charge in [-0.3, -0.25) is 5.43 Å². The van der Waals surface area contributed by atoms with Crippen molar-refractivity contribution < 1.29 is 13.7 Å². The number of oxime groups is 1. The summed E-state index contributed by atoms with van der Waals surface area (Å²) >= 11 is 6.07. The molecule has 1 aliphatic heterocycles. The van der Waals surface area contributed by atoms with Crippen molar-refractivity contribution in [2.24, 2.45) is 5.16 Å². The predicted octanol–water partition coefficient (Wildman–Crippen LogP) is 5.89. The fraction of sp³-hybridized carbons (Fsp3) is 0.107. The second kappa shape index (κ2) is 8.83. The number of hydrazine groups is 1. The number of nitrogens with zero attached hydrogens (tertiary/aromatic N) is 2. The van der Waals surface area contributed by atoms with Gasteiger partial charge in [-0.15, -0.1) is 0 Å². The van der Waals surface area contributed by atoms with E-state index in [-0.39, 0.29) is 5.56 Å². The molecule has 5 aromatic rings. The quantitative estimate of drug-likeness (QED) is 0.299. The van der Waals surface area contributed by atoms with E-state index in [2.05, 4.69) is 10.6 Å². The van der Waals surface area contributed by atoms with E-state index in [9.17, 15) is 9.59 Å². The summed E-state index contributed by atoms with van der Waals surface area (Å²) in [5.74, 6) is 0.483. The first kappa shape index (κ1) is 22.9. The SMILES string of the molecule is Cc1cc2oc(=O)cc(C)c2cc1NN1C(c2ccccc2)=NOC1c1cc2ccc(Cl)cc2oc1=O. The molecule has 2 aromatic heterocycles. The molecule has 0 radical (unpaired) electrons. The number of hydrogen-bond donors (Lipinski definition) is 1. The topological polar surface area (TPSA) is 97.3 Å². The number of halogens is 1. The van der Waals surface area contributed by atoms with Crippen LogP contribution < -0.4 is 16.7 Å². The zero-order valence-electron chi connectivity index (χ0n) is 19.8. The van der Waals surface area contributed by atoms with Crippen LogP contribution >= 0.6 is 11.6 Å². The maximum Gasteiger partial charge on any atom is 0.345 e. The van der Waals surface area contributed by atoms with E-state index in [0.717, 1.165) is 27.8 Å². The Hall–Kier alpha value is -4.56. The molecule has 0 saturated carbocycles. The van der Waals surface area contributed by atoms with Gasteiger partial charge in [0.1, 0.15) is 16.7 Å². The van der Waals surface area contributed by atoms with Gasteiger partial charge < -0.3 is 13.7 Å². The van der Waals surface area contributed by atoms with Crippen LogP contribution in [-0.4, -0.2) is 10.8 Å². The summed E-state index contributed by atoms with van der Waals surface area (Å²) in [5.41, 5.74) is 6.66. The van der Waals surface area contributed by atoms with E-state index in [1.54, 1.807) is 35.3 Å². The molecule has 37 heavy (non-hydrogen) atoms. The first-order valence-corrected chi connectivity index (χ1v) is 11.9. The molecule has 6 rings (SSSR count). The van der Waals surface area contributed by atoms with Gasteiger partial charge in [0.05, 0.1) is 5.69 Å². The minimum Gasteiger partial charge on any atom is -0.423 e. The van der Waals surface area contributed by atoms with Gasteiger partial charge in [-0.05, 0) is 55.3 Å². The third-order valence-electron chi connectivity index (χ3n) is 6.26. The summed E-state index contributed by atoms with van der Waals surface area (Å²) in [6.07, 6.45) is -0.920. The molecule has 3 heterocycles. The van der Waals surface area contributed by atoms with E-state index in [1.165, 1.54) is 6.07 Å². The zero-order valence-corrected chi connectivity index (χ0v) is 20.6. The lowest BCUT2D eigenvalue weighted by atomic mass is 10.1. The Morgan fingerprint density at radius 3 is 2.51 bits per heavy atom. The van der Waals surface area contributed by atoms with Crippen LogP contribution in [0.1, 0.15) is 28.5 Å². The van der Waals surface area contributed by atoms with Crippen molar-refractivity contribution in [3.05, 3.63) is 121 Å². The van der Waals surface area contributed by atoms with Crippen LogP contribution in [0.5, 0.6) is 0 Å². The van der Waals surface area contributed by atoms with E-state index < -0.39 is 17.5 Å². The Kier molecular flexibility index (Phi) is 5.46. The Morgan fingerprint density at radius 1 is 0.892 bits per heavy atom. The third-order valence-corrected chi connectivity index (χ3v) is 6.50. The first-order chi connectivity index (χ1) is 17.9. The molecule has 0 spiro atoms. The molecule has 1 N–H and O–H groups in total. The van der Waals surface area contributed by atoms with Crippen LogP contribution in [0.2, 0.25) is 5.02 Å². The molecule has 8 nitrogen and oxygen atoms in total. The largest absolute Gasteiger partial charge is 0.423 e. The number of fused-ring (bicyclic) bond motifs is 2. The predicted molar refractivity (Wildman–Crippen MR) is 142 cm³/mol. The highest BCUT2D eigenvalue weighted by molar-refractivity contribution is 6.31. The van der Waals surface area contributed by atoms with Crippen molar-refractivity contribution in [3.63, 3.8) is 0 Å². The summed E-state index contributed by atoms with van der Waals surface area (Å²) in [4.78, 5) is 30.7. The fourth-order valence-electron chi connectivity index (χ4n) is 4.38. The van der Waals surface area contributed by atoms with Gasteiger partial charge >= 0.3 is 11.3 Å². The molecule has 0 amide bonds. The Balaban J connectivity index is 1.47. The Morgan fingerprint density at radius 2 is 1.70 bits per heavy atom. The van der Waals surface area contributed by atoms with Gasteiger partial charge in [0.15, 0.2) is 5.84 Å². The average Bonchev–Trinajstić information content (AvgIpc) is 3.28. The molecule has 0 fully saturated rings. The van der Waals surface area contributed by atoms with Gasteiger partial charge in [-0.1, -0.05) is 47.1 Å². The van der Waals surface area contributed by atoms with E-state index in [1.807, 2.05) is 50.2 Å². The molecule has 0 saturated heterocycles. The van der Waals surface area contributed by atoms with Crippen molar-refractivity contribution in [1.29, 1.82) is 0 Å². The minimum atomic E-state index is -0.920. The summed E-state index contributed by atoms with van der Waals surface area (Å²) in [7, 11) is 0. The van der Waals surface area contributed by atoms with E-state index >= 15 is 0 Å².